The number of aryl methyl sites for hydroxylation is 1. The number of nitrogens with zero attached hydrogens (tertiary/aromatic N) is 2. The molecule has 33 heavy (non-hydrogen) atoms. The van der Waals surface area contributed by atoms with Gasteiger partial charge < -0.3 is 15.1 Å². The third-order valence-electron chi connectivity index (χ3n) is 6.03. The summed E-state index contributed by atoms with van der Waals surface area (Å²) in [5, 5.41) is 2.44. The molecule has 6 nitrogen and oxygen atoms in total. The Morgan fingerprint density at radius 2 is 1.79 bits per heavy atom. The van der Waals surface area contributed by atoms with Gasteiger partial charge in [0.15, 0.2) is 0 Å². The molecule has 2 aliphatic rings. The summed E-state index contributed by atoms with van der Waals surface area (Å²) >= 11 is 0. The highest BCUT2D eigenvalue weighted by Crippen LogP contribution is 2.35. The van der Waals surface area contributed by atoms with Gasteiger partial charge in [0.1, 0.15) is 11.6 Å². The lowest BCUT2D eigenvalue weighted by molar-refractivity contribution is -0.163. The maximum Gasteiger partial charge on any atom is 0.352 e. The Morgan fingerprint density at radius 3 is 2.52 bits per heavy atom. The Kier molecular flexibility index (Phi) is 5.85. The Hall–Kier alpha value is -3.43. The van der Waals surface area contributed by atoms with E-state index in [-0.39, 0.29) is 48.4 Å². The van der Waals surface area contributed by atoms with Crippen molar-refractivity contribution in [2.45, 2.75) is 31.7 Å². The van der Waals surface area contributed by atoms with E-state index in [9.17, 15) is 23.2 Å². The number of hydrogen-bond donors (Lipinski definition) is 1. The molecule has 2 aromatic carbocycles. The fourth-order valence-corrected chi connectivity index (χ4v) is 4.20. The second-order valence-electron chi connectivity index (χ2n) is 8.22. The number of carbonyl (C=O) groups excluding carboxylic acids is 3. The number of nitrogens with one attached hydrogen (secondary N) is 1. The van der Waals surface area contributed by atoms with E-state index in [0.717, 1.165) is 17.0 Å². The third-order valence-corrected chi connectivity index (χ3v) is 6.03. The SMILES string of the molecule is Cc1cc(NC(=O)c2ccc(F)c(C(F)(F)C(=O)N3CCN4C(=O)CCC4C3)c2)ccc1F. The molecular formula is C23H21F4N3O3. The molecule has 0 spiro atoms. The molecule has 2 fully saturated rings. The topological polar surface area (TPSA) is 69.7 Å². The predicted molar refractivity (Wildman–Crippen MR) is 111 cm³/mol. The van der Waals surface area contributed by atoms with E-state index in [1.54, 1.807) is 4.90 Å². The molecule has 1 unspecified atom stereocenters. The monoisotopic (exact) mass is 463 g/mol. The highest BCUT2D eigenvalue weighted by molar-refractivity contribution is 6.04. The first-order chi connectivity index (χ1) is 15.6. The lowest BCUT2D eigenvalue weighted by Gasteiger charge is -2.38. The van der Waals surface area contributed by atoms with E-state index < -0.39 is 34.9 Å². The van der Waals surface area contributed by atoms with Gasteiger partial charge in [-0.25, -0.2) is 8.78 Å². The van der Waals surface area contributed by atoms with E-state index in [0.29, 0.717) is 25.0 Å². The third kappa shape index (κ3) is 4.29. The second kappa shape index (κ2) is 8.49. The number of hydrogen-bond acceptors (Lipinski definition) is 3. The van der Waals surface area contributed by atoms with Gasteiger partial charge in [0.25, 0.3) is 11.8 Å². The van der Waals surface area contributed by atoms with Gasteiger partial charge in [0.05, 0.1) is 5.56 Å². The minimum atomic E-state index is -4.21. The summed E-state index contributed by atoms with van der Waals surface area (Å²) in [4.78, 5) is 39.5. The zero-order chi connectivity index (χ0) is 23.9. The summed E-state index contributed by atoms with van der Waals surface area (Å²) in [5.41, 5.74) is -0.988. The Bertz CT molecular complexity index is 1140. The molecule has 0 saturated carbocycles. The Labute approximate surface area is 187 Å². The van der Waals surface area contributed by atoms with Crippen molar-refractivity contribution in [2.24, 2.45) is 0 Å². The molecule has 1 atom stereocenters. The minimum Gasteiger partial charge on any atom is -0.336 e. The van der Waals surface area contributed by atoms with Crippen molar-refractivity contribution in [3.63, 3.8) is 0 Å². The van der Waals surface area contributed by atoms with E-state index in [2.05, 4.69) is 5.32 Å². The molecule has 4 rings (SSSR count). The van der Waals surface area contributed by atoms with Gasteiger partial charge in [-0.1, -0.05) is 0 Å². The zero-order valence-corrected chi connectivity index (χ0v) is 17.7. The van der Waals surface area contributed by atoms with Crippen LogP contribution in [-0.4, -0.2) is 53.2 Å². The first-order valence-corrected chi connectivity index (χ1v) is 10.4. The molecule has 2 heterocycles. The largest absolute Gasteiger partial charge is 0.352 e. The van der Waals surface area contributed by atoms with Gasteiger partial charge in [-0.2, -0.15) is 8.78 Å². The number of amides is 3. The summed E-state index contributed by atoms with van der Waals surface area (Å²) in [6.45, 7) is 1.51. The number of benzene rings is 2. The van der Waals surface area contributed by atoms with Gasteiger partial charge in [-0.05, 0) is 55.3 Å². The molecule has 174 valence electrons. The molecule has 2 aromatic rings. The highest BCUT2D eigenvalue weighted by atomic mass is 19.3. The summed E-state index contributed by atoms with van der Waals surface area (Å²) in [6.07, 6.45) is 0.781. The lowest BCUT2D eigenvalue weighted by atomic mass is 10.0. The Morgan fingerprint density at radius 1 is 1.06 bits per heavy atom. The number of rotatable bonds is 4. The van der Waals surface area contributed by atoms with Crippen LogP contribution in [0.3, 0.4) is 0 Å². The van der Waals surface area contributed by atoms with Crippen molar-refractivity contribution >= 4 is 23.4 Å². The average Bonchev–Trinajstić information content (AvgIpc) is 3.16. The van der Waals surface area contributed by atoms with Gasteiger partial charge in [-0.3, -0.25) is 14.4 Å². The van der Waals surface area contributed by atoms with Gasteiger partial charge in [0.2, 0.25) is 5.91 Å². The normalized spacial score (nSPS) is 18.3. The van der Waals surface area contributed by atoms with Crippen LogP contribution in [0.5, 0.6) is 0 Å². The fourth-order valence-electron chi connectivity index (χ4n) is 4.20. The zero-order valence-electron chi connectivity index (χ0n) is 17.7. The van der Waals surface area contributed by atoms with Crippen LogP contribution in [0.2, 0.25) is 0 Å². The molecule has 3 amide bonds. The van der Waals surface area contributed by atoms with Crippen LogP contribution in [-0.2, 0) is 15.5 Å². The number of anilines is 1. The van der Waals surface area contributed by atoms with E-state index in [1.807, 2.05) is 0 Å². The second-order valence-corrected chi connectivity index (χ2v) is 8.22. The van der Waals surface area contributed by atoms with Crippen molar-refractivity contribution < 1.29 is 31.9 Å². The van der Waals surface area contributed by atoms with Gasteiger partial charge >= 0.3 is 5.92 Å². The summed E-state index contributed by atoms with van der Waals surface area (Å²) in [7, 11) is 0. The fraction of sp³-hybridized carbons (Fsp3) is 0.348. The number of fused-ring (bicyclic) bond motifs is 1. The van der Waals surface area contributed by atoms with Crippen LogP contribution in [0, 0.1) is 18.6 Å². The van der Waals surface area contributed by atoms with Crippen molar-refractivity contribution in [3.05, 3.63) is 64.7 Å². The molecule has 2 aliphatic heterocycles. The van der Waals surface area contributed by atoms with Crippen LogP contribution in [0.25, 0.3) is 0 Å². The van der Waals surface area contributed by atoms with Crippen molar-refractivity contribution in [3.8, 4) is 0 Å². The molecule has 10 heteroatoms. The summed E-state index contributed by atoms with van der Waals surface area (Å²) in [6, 6.07) is 5.86. The number of carbonyl (C=O) groups is 3. The van der Waals surface area contributed by atoms with Crippen LogP contribution in [0.15, 0.2) is 36.4 Å². The molecule has 0 bridgehead atoms. The number of alkyl halides is 2. The molecule has 0 aliphatic carbocycles. The van der Waals surface area contributed by atoms with Gasteiger partial charge in [-0.15, -0.1) is 0 Å². The van der Waals surface area contributed by atoms with Crippen molar-refractivity contribution in [2.75, 3.05) is 25.0 Å². The highest BCUT2D eigenvalue weighted by Gasteiger charge is 2.48. The van der Waals surface area contributed by atoms with Crippen molar-refractivity contribution in [1.82, 2.24) is 9.80 Å². The molecule has 1 N–H and O–H groups in total. The van der Waals surface area contributed by atoms with Gasteiger partial charge in [0, 0.05) is 43.3 Å². The summed E-state index contributed by atoms with van der Waals surface area (Å²) in [5.74, 6) is -8.47. The number of piperazine rings is 1. The summed E-state index contributed by atoms with van der Waals surface area (Å²) < 4.78 is 58.0. The average molecular weight is 463 g/mol. The van der Waals surface area contributed by atoms with Crippen LogP contribution in [0.1, 0.15) is 34.3 Å². The standard InChI is InChI=1S/C23H21F4N3O3/c1-13-10-15(3-6-18(13)24)28-21(32)14-2-5-19(25)17(11-14)23(26,27)22(33)29-8-9-30-16(12-29)4-7-20(30)31/h2-3,5-6,10-11,16H,4,7-9,12H2,1H3,(H,28,32). The lowest BCUT2D eigenvalue weighted by Crippen LogP contribution is -2.56. The maximum atomic E-state index is 15.1. The van der Waals surface area contributed by atoms with Crippen LogP contribution < -0.4 is 5.32 Å². The number of halogens is 4. The smallest absolute Gasteiger partial charge is 0.336 e. The maximum absolute atomic E-state index is 15.1. The molecule has 0 aromatic heterocycles. The molecule has 2 saturated heterocycles. The van der Waals surface area contributed by atoms with E-state index in [1.165, 1.54) is 19.1 Å². The van der Waals surface area contributed by atoms with Crippen LogP contribution in [0.4, 0.5) is 23.2 Å². The van der Waals surface area contributed by atoms with Crippen molar-refractivity contribution in [1.29, 1.82) is 0 Å². The predicted octanol–water partition coefficient (Wildman–Crippen LogP) is 3.45. The first kappa shape index (κ1) is 22.8. The quantitative estimate of drug-likeness (QED) is 0.707. The van der Waals surface area contributed by atoms with Crippen LogP contribution >= 0.6 is 0 Å². The first-order valence-electron chi connectivity index (χ1n) is 10.4. The van der Waals surface area contributed by atoms with E-state index in [4.69, 9.17) is 0 Å². The molecule has 0 radical (unpaired) electrons. The Balaban J connectivity index is 1.54. The minimum absolute atomic E-state index is 0.0497. The molecular weight excluding hydrogens is 442 g/mol. The van der Waals surface area contributed by atoms with E-state index >= 15 is 8.78 Å².